The zero-order valence-corrected chi connectivity index (χ0v) is 37.7. The van der Waals surface area contributed by atoms with Crippen molar-refractivity contribution in [2.45, 2.75) is 77.0 Å². The van der Waals surface area contributed by atoms with Gasteiger partial charge < -0.3 is 6.41 Å². The Morgan fingerprint density at radius 2 is 0.738 bits per heavy atom. The van der Waals surface area contributed by atoms with Crippen LogP contribution in [0.2, 0.25) is 0 Å². The Hall–Kier alpha value is -5.73. The van der Waals surface area contributed by atoms with E-state index in [1.807, 2.05) is 48.8 Å². The molecule has 6 aromatic carbocycles. The summed E-state index contributed by atoms with van der Waals surface area (Å²) in [5.74, 6) is 0. The first-order valence-corrected chi connectivity index (χ1v) is 22.0. The monoisotopic (exact) mass is 976 g/mol. The predicted octanol–water partition coefficient (Wildman–Crippen LogP) is 15.4. The third-order valence-electron chi connectivity index (χ3n) is 11.1. The molecule has 0 aliphatic carbocycles. The fraction of sp³-hybridized carbons (Fsp3) is 0.207. The number of aryl methyl sites for hydroxylation is 4. The van der Waals surface area contributed by atoms with Gasteiger partial charge in [-0.15, -0.1) is 35.4 Å². The molecular formula is C58H58IrN2-2. The molecule has 0 bridgehead atoms. The van der Waals surface area contributed by atoms with Gasteiger partial charge >= 0.3 is 0 Å². The van der Waals surface area contributed by atoms with Gasteiger partial charge in [0.15, 0.2) is 0 Å². The second-order valence-corrected chi connectivity index (χ2v) is 15.7. The maximum atomic E-state index is 4.49. The van der Waals surface area contributed by atoms with Gasteiger partial charge in [-0.1, -0.05) is 171 Å². The topological polar surface area (TPSA) is 25.8 Å². The van der Waals surface area contributed by atoms with E-state index in [9.17, 15) is 0 Å². The van der Waals surface area contributed by atoms with Crippen LogP contribution in [0, 0.1) is 6.07 Å². The molecule has 0 unspecified atom stereocenters. The minimum absolute atomic E-state index is 0. The van der Waals surface area contributed by atoms with Crippen molar-refractivity contribution < 1.29 is 21.5 Å². The van der Waals surface area contributed by atoms with Crippen molar-refractivity contribution in [2.24, 2.45) is 0 Å². The van der Waals surface area contributed by atoms with E-state index in [2.05, 4.69) is 168 Å². The van der Waals surface area contributed by atoms with Crippen molar-refractivity contribution in [2.75, 3.05) is 0 Å². The van der Waals surface area contributed by atoms with E-state index in [0.717, 1.165) is 35.4 Å². The Balaban J connectivity index is 0.000000227. The Morgan fingerprint density at radius 3 is 1.25 bits per heavy atom. The summed E-state index contributed by atoms with van der Waals surface area (Å²) in [6.07, 6.45) is 18.6. The molecule has 8 aromatic rings. The third-order valence-corrected chi connectivity index (χ3v) is 11.1. The Labute approximate surface area is 380 Å². The number of aromatic nitrogens is 2. The van der Waals surface area contributed by atoms with E-state index in [1.54, 1.807) is 0 Å². The SMILES string of the molecule is [2H-].[Ir].[c-]1ccc(-c2cccc(CCCCCCc3ccccc3)c2)cc1-c1ccccn1.c1ccc(CCCCCCc2cccc(-c3cccc(-c4ccccn4)c3)c2)cc1. The molecule has 0 amide bonds. The van der Waals surface area contributed by atoms with E-state index in [-0.39, 0.29) is 21.5 Å². The fourth-order valence-corrected chi connectivity index (χ4v) is 7.83. The number of benzene rings is 6. The normalized spacial score (nSPS) is 10.6. The second kappa shape index (κ2) is 25.1. The molecule has 0 aliphatic rings. The van der Waals surface area contributed by atoms with Gasteiger partial charge in [0.05, 0.1) is 5.69 Å². The van der Waals surface area contributed by atoms with Crippen LogP contribution in [0.3, 0.4) is 0 Å². The minimum Gasteiger partial charge on any atom is -1.00 e. The van der Waals surface area contributed by atoms with Gasteiger partial charge in [0.1, 0.15) is 0 Å². The van der Waals surface area contributed by atoms with Crippen LogP contribution in [0.1, 0.15) is 75.0 Å². The van der Waals surface area contributed by atoms with Gasteiger partial charge in [0, 0.05) is 38.1 Å². The van der Waals surface area contributed by atoms with Crippen molar-refractivity contribution in [3.05, 3.63) is 229 Å². The van der Waals surface area contributed by atoms with Crippen LogP contribution in [-0.4, -0.2) is 9.97 Å². The summed E-state index contributed by atoms with van der Waals surface area (Å²) in [5.41, 5.74) is 15.0. The average molecular weight is 976 g/mol. The molecular weight excluding hydrogens is 917 g/mol. The van der Waals surface area contributed by atoms with Crippen LogP contribution in [0.15, 0.2) is 200 Å². The molecule has 8 rings (SSSR count). The number of hydrogen-bond donors (Lipinski definition) is 0. The van der Waals surface area contributed by atoms with Crippen molar-refractivity contribution >= 4 is 0 Å². The Morgan fingerprint density at radius 1 is 0.328 bits per heavy atom. The summed E-state index contributed by atoms with van der Waals surface area (Å²) >= 11 is 0. The molecule has 0 spiro atoms. The molecule has 0 N–H and O–H groups in total. The van der Waals surface area contributed by atoms with Crippen molar-refractivity contribution in [1.29, 1.82) is 0 Å². The number of pyridine rings is 2. The van der Waals surface area contributed by atoms with Crippen molar-refractivity contribution in [3.8, 4) is 44.8 Å². The summed E-state index contributed by atoms with van der Waals surface area (Å²) in [4.78, 5) is 8.94. The number of rotatable bonds is 18. The molecule has 311 valence electrons. The van der Waals surface area contributed by atoms with Gasteiger partial charge in [-0.2, -0.15) is 0 Å². The summed E-state index contributed by atoms with van der Waals surface area (Å²) in [6, 6.07) is 70.0. The molecule has 2 aromatic heterocycles. The van der Waals surface area contributed by atoms with E-state index in [4.69, 9.17) is 0 Å². The molecule has 0 fully saturated rings. The first-order valence-electron chi connectivity index (χ1n) is 22.0. The van der Waals surface area contributed by atoms with E-state index in [0.29, 0.717) is 0 Å². The average Bonchev–Trinajstić information content (AvgIpc) is 3.33. The zero-order chi connectivity index (χ0) is 40.9. The number of hydrogen-bond acceptors (Lipinski definition) is 2. The van der Waals surface area contributed by atoms with E-state index >= 15 is 0 Å². The molecule has 3 heteroatoms. The molecule has 61 heavy (non-hydrogen) atoms. The Bertz CT molecular complexity index is 2260. The maximum absolute atomic E-state index is 4.49. The molecule has 0 saturated carbocycles. The largest absolute Gasteiger partial charge is 1.00 e. The number of unbranched alkanes of at least 4 members (excludes halogenated alkanes) is 6. The van der Waals surface area contributed by atoms with Gasteiger partial charge in [-0.05, 0) is 120 Å². The molecule has 2 heterocycles. The van der Waals surface area contributed by atoms with Gasteiger partial charge in [0.25, 0.3) is 0 Å². The maximum Gasteiger partial charge on any atom is 0.0702 e. The van der Waals surface area contributed by atoms with Crippen LogP contribution >= 0.6 is 0 Å². The summed E-state index contributed by atoms with van der Waals surface area (Å²) in [6.45, 7) is 0. The molecule has 0 saturated heterocycles. The van der Waals surface area contributed by atoms with E-state index < -0.39 is 0 Å². The summed E-state index contributed by atoms with van der Waals surface area (Å²) in [5, 5.41) is 0. The first kappa shape index (κ1) is 44.8. The molecule has 2 nitrogen and oxygen atoms in total. The van der Waals surface area contributed by atoms with Crippen molar-refractivity contribution in [3.63, 3.8) is 0 Å². The number of nitrogens with zero attached hydrogens (tertiary/aromatic N) is 2. The smallest absolute Gasteiger partial charge is 0.0702 e. The van der Waals surface area contributed by atoms with Gasteiger partial charge in [-0.3, -0.25) is 4.98 Å². The molecule has 0 aliphatic heterocycles. The summed E-state index contributed by atoms with van der Waals surface area (Å²) < 4.78 is 0. The fourth-order valence-electron chi connectivity index (χ4n) is 7.83. The summed E-state index contributed by atoms with van der Waals surface area (Å²) in [7, 11) is 0. The van der Waals surface area contributed by atoms with Gasteiger partial charge in [-0.25, -0.2) is 0 Å². The van der Waals surface area contributed by atoms with Crippen LogP contribution in [0.25, 0.3) is 44.8 Å². The van der Waals surface area contributed by atoms with Crippen molar-refractivity contribution in [1.82, 2.24) is 9.97 Å². The predicted molar refractivity (Wildman–Crippen MR) is 255 cm³/mol. The van der Waals surface area contributed by atoms with E-state index in [1.165, 1.54) is 109 Å². The first-order chi connectivity index (χ1) is 29.8. The van der Waals surface area contributed by atoms with Crippen LogP contribution < -0.4 is 0 Å². The molecule has 0 atom stereocenters. The second-order valence-electron chi connectivity index (χ2n) is 15.7. The Kier molecular flexibility index (Phi) is 18.5. The molecule has 1 radical (unpaired) electrons. The van der Waals surface area contributed by atoms with Crippen LogP contribution in [-0.2, 0) is 45.8 Å². The zero-order valence-electron chi connectivity index (χ0n) is 36.3. The quantitative estimate of drug-likeness (QED) is 0.0632. The third kappa shape index (κ3) is 14.7. The minimum atomic E-state index is 0. The van der Waals surface area contributed by atoms with Gasteiger partial charge in [0.2, 0.25) is 0 Å². The van der Waals surface area contributed by atoms with Crippen LogP contribution in [0.4, 0.5) is 0 Å². The van der Waals surface area contributed by atoms with Crippen LogP contribution in [0.5, 0.6) is 0 Å². The standard InChI is InChI=1S/C29H29N.C29H28N.Ir.H/c2*1(4-12-24-13-6-3-7-14-24)2-5-15-25-16-10-17-26(22-25)27-18-11-19-28(23-27)29-20-8-9-21-30-29;;/h3,6-11,13-14,16-23H,1-2,4-5,12,15H2;3,6-11,13-14,16-18,20-23H,1-2,4-5,12,15H2;;/q;-1;;-1/i;;;1+1.